The Labute approximate surface area is 107 Å². The smallest absolute Gasteiger partial charge is 0.139 e. The number of allylic oxidation sites excluding steroid dienone is 4. The third kappa shape index (κ3) is 7.95. The monoisotopic (exact) mass is 236 g/mol. The summed E-state index contributed by atoms with van der Waals surface area (Å²) in [6.07, 6.45) is 10.2. The summed E-state index contributed by atoms with van der Waals surface area (Å²) in [5.74, 6) is 1.09. The molecule has 0 heterocycles. The molecular formula is C16H28O. The molecule has 2 atom stereocenters. The summed E-state index contributed by atoms with van der Waals surface area (Å²) < 4.78 is 0. The fourth-order valence-corrected chi connectivity index (χ4v) is 1.67. The van der Waals surface area contributed by atoms with Gasteiger partial charge in [-0.05, 0) is 25.7 Å². The largest absolute Gasteiger partial charge is 0.299 e. The molecule has 0 aromatic carbocycles. The summed E-state index contributed by atoms with van der Waals surface area (Å²) in [6.45, 7) is 10.6. The van der Waals surface area contributed by atoms with Gasteiger partial charge in [-0.2, -0.15) is 0 Å². The van der Waals surface area contributed by atoms with Crippen LogP contribution in [0.5, 0.6) is 0 Å². The normalized spacial score (nSPS) is 16.2. The minimum atomic E-state index is 0.0561. The van der Waals surface area contributed by atoms with Gasteiger partial charge in [0, 0.05) is 12.3 Å². The van der Waals surface area contributed by atoms with Gasteiger partial charge in [-0.1, -0.05) is 57.9 Å². The van der Waals surface area contributed by atoms with Gasteiger partial charge in [0.15, 0.2) is 0 Å². The van der Waals surface area contributed by atoms with Crippen molar-refractivity contribution in [2.24, 2.45) is 11.8 Å². The summed E-state index contributed by atoms with van der Waals surface area (Å²) in [5.41, 5.74) is 1.19. The van der Waals surface area contributed by atoms with E-state index >= 15 is 0 Å². The lowest BCUT2D eigenvalue weighted by molar-refractivity contribution is -0.121. The Balaban J connectivity index is 4.17. The van der Waals surface area contributed by atoms with E-state index in [1.54, 1.807) is 0 Å². The summed E-state index contributed by atoms with van der Waals surface area (Å²) in [5, 5.41) is 0. The van der Waals surface area contributed by atoms with Gasteiger partial charge in [0.1, 0.15) is 5.78 Å². The van der Waals surface area contributed by atoms with Crippen LogP contribution in [0.25, 0.3) is 0 Å². The highest BCUT2D eigenvalue weighted by molar-refractivity contribution is 5.82. The van der Waals surface area contributed by atoms with E-state index in [9.17, 15) is 4.79 Å². The maximum absolute atomic E-state index is 11.9. The molecule has 0 rings (SSSR count). The van der Waals surface area contributed by atoms with Gasteiger partial charge < -0.3 is 0 Å². The molecule has 98 valence electrons. The highest BCUT2D eigenvalue weighted by Gasteiger charge is 2.11. The van der Waals surface area contributed by atoms with Crippen molar-refractivity contribution in [1.29, 1.82) is 0 Å². The maximum Gasteiger partial charge on any atom is 0.139 e. The SMILES string of the molecule is CC/C=C/C(C)=C/[C@@H](C)C(=O)CC[C@@H](C)CC. The first-order chi connectivity index (χ1) is 8.01. The minimum absolute atomic E-state index is 0.0561. The summed E-state index contributed by atoms with van der Waals surface area (Å²) in [6, 6.07) is 0. The van der Waals surface area contributed by atoms with Crippen LogP contribution in [0.4, 0.5) is 0 Å². The van der Waals surface area contributed by atoms with Crippen molar-refractivity contribution in [3.05, 3.63) is 23.8 Å². The predicted molar refractivity (Wildman–Crippen MR) is 76.0 cm³/mol. The van der Waals surface area contributed by atoms with Crippen LogP contribution in [0.2, 0.25) is 0 Å². The molecule has 0 aromatic rings. The molecule has 0 fully saturated rings. The van der Waals surface area contributed by atoms with E-state index < -0.39 is 0 Å². The van der Waals surface area contributed by atoms with Gasteiger partial charge in [-0.25, -0.2) is 0 Å². The molecule has 0 saturated carbocycles. The number of hydrogen-bond donors (Lipinski definition) is 0. The first-order valence-electron chi connectivity index (χ1n) is 6.88. The molecular weight excluding hydrogens is 208 g/mol. The van der Waals surface area contributed by atoms with Crippen LogP contribution >= 0.6 is 0 Å². The second-order valence-electron chi connectivity index (χ2n) is 5.03. The zero-order chi connectivity index (χ0) is 13.3. The first-order valence-corrected chi connectivity index (χ1v) is 6.88. The molecule has 0 spiro atoms. The van der Waals surface area contributed by atoms with Crippen molar-refractivity contribution in [1.82, 2.24) is 0 Å². The van der Waals surface area contributed by atoms with E-state index in [1.807, 2.05) is 6.92 Å². The van der Waals surface area contributed by atoms with Gasteiger partial charge in [-0.15, -0.1) is 0 Å². The standard InChI is InChI=1S/C16H28O/c1-6-8-9-14(4)12-15(5)16(17)11-10-13(3)7-2/h8-9,12-13,15H,6-7,10-11H2,1-5H3/b9-8+,14-12+/t13-,15+/m0/s1. The zero-order valence-electron chi connectivity index (χ0n) is 12.1. The van der Waals surface area contributed by atoms with Crippen LogP contribution in [-0.2, 0) is 4.79 Å². The zero-order valence-corrected chi connectivity index (χ0v) is 12.1. The van der Waals surface area contributed by atoms with Crippen LogP contribution in [0.1, 0.15) is 60.3 Å². The second kappa shape index (κ2) is 9.21. The minimum Gasteiger partial charge on any atom is -0.299 e. The van der Waals surface area contributed by atoms with Crippen molar-refractivity contribution in [2.75, 3.05) is 0 Å². The molecule has 0 amide bonds. The quantitative estimate of drug-likeness (QED) is 0.546. The third-order valence-corrected chi connectivity index (χ3v) is 3.22. The lowest BCUT2D eigenvalue weighted by Gasteiger charge is -2.10. The molecule has 0 aliphatic rings. The Bertz CT molecular complexity index is 273. The van der Waals surface area contributed by atoms with Crippen LogP contribution < -0.4 is 0 Å². The first kappa shape index (κ1) is 16.1. The molecule has 0 radical (unpaired) electrons. The Kier molecular flexibility index (Phi) is 8.75. The van der Waals surface area contributed by atoms with Crippen molar-refractivity contribution in [3.63, 3.8) is 0 Å². The average molecular weight is 236 g/mol. The van der Waals surface area contributed by atoms with E-state index in [0.717, 1.165) is 25.7 Å². The van der Waals surface area contributed by atoms with Crippen molar-refractivity contribution in [2.45, 2.75) is 60.3 Å². The number of carbonyl (C=O) groups is 1. The molecule has 0 aliphatic heterocycles. The number of Topliss-reactive ketones (excluding diaryl/α,β-unsaturated/α-hetero) is 1. The Morgan fingerprint density at radius 3 is 2.41 bits per heavy atom. The number of carbonyl (C=O) groups excluding carboxylic acids is 1. The molecule has 1 heteroatoms. The lowest BCUT2D eigenvalue weighted by Crippen LogP contribution is -2.10. The summed E-state index contributed by atoms with van der Waals surface area (Å²) >= 11 is 0. The molecule has 1 nitrogen and oxygen atoms in total. The fourth-order valence-electron chi connectivity index (χ4n) is 1.67. The summed E-state index contributed by atoms with van der Waals surface area (Å²) in [7, 11) is 0. The van der Waals surface area contributed by atoms with Gasteiger partial charge in [0.2, 0.25) is 0 Å². The highest BCUT2D eigenvalue weighted by Crippen LogP contribution is 2.14. The van der Waals surface area contributed by atoms with Gasteiger partial charge in [0.25, 0.3) is 0 Å². The van der Waals surface area contributed by atoms with Crippen LogP contribution in [0.15, 0.2) is 23.8 Å². The average Bonchev–Trinajstić information content (AvgIpc) is 2.32. The van der Waals surface area contributed by atoms with Crippen LogP contribution in [0, 0.1) is 11.8 Å². The van der Waals surface area contributed by atoms with Gasteiger partial charge in [-0.3, -0.25) is 4.79 Å². The van der Waals surface area contributed by atoms with E-state index in [0.29, 0.717) is 11.7 Å². The van der Waals surface area contributed by atoms with E-state index in [-0.39, 0.29) is 5.92 Å². The number of ketones is 1. The number of hydrogen-bond acceptors (Lipinski definition) is 1. The second-order valence-corrected chi connectivity index (χ2v) is 5.03. The maximum atomic E-state index is 11.9. The van der Waals surface area contributed by atoms with Crippen LogP contribution in [-0.4, -0.2) is 5.78 Å². The molecule has 0 aromatic heterocycles. The van der Waals surface area contributed by atoms with E-state index in [1.165, 1.54) is 5.57 Å². The predicted octanol–water partition coefficient (Wildman–Crippen LogP) is 4.93. The van der Waals surface area contributed by atoms with Crippen LogP contribution in [0.3, 0.4) is 0 Å². The molecule has 0 aliphatic carbocycles. The van der Waals surface area contributed by atoms with Crippen molar-refractivity contribution in [3.8, 4) is 0 Å². The number of rotatable bonds is 8. The molecule has 0 bridgehead atoms. The molecule has 0 unspecified atom stereocenters. The third-order valence-electron chi connectivity index (χ3n) is 3.22. The van der Waals surface area contributed by atoms with Gasteiger partial charge in [0.05, 0.1) is 0 Å². The lowest BCUT2D eigenvalue weighted by atomic mass is 9.95. The van der Waals surface area contributed by atoms with E-state index in [2.05, 4.69) is 45.9 Å². The molecule has 17 heavy (non-hydrogen) atoms. The Morgan fingerprint density at radius 2 is 1.88 bits per heavy atom. The highest BCUT2D eigenvalue weighted by atomic mass is 16.1. The topological polar surface area (TPSA) is 17.1 Å². The molecule has 0 saturated heterocycles. The van der Waals surface area contributed by atoms with Crippen molar-refractivity contribution < 1.29 is 4.79 Å². The fraction of sp³-hybridized carbons (Fsp3) is 0.688. The van der Waals surface area contributed by atoms with Gasteiger partial charge >= 0.3 is 0 Å². The summed E-state index contributed by atoms with van der Waals surface area (Å²) in [4.78, 5) is 11.9. The Hall–Kier alpha value is -0.850. The van der Waals surface area contributed by atoms with E-state index in [4.69, 9.17) is 0 Å². The molecule has 0 N–H and O–H groups in total. The van der Waals surface area contributed by atoms with Crippen molar-refractivity contribution >= 4 is 5.78 Å². The Morgan fingerprint density at radius 1 is 1.24 bits per heavy atom.